The van der Waals surface area contributed by atoms with Gasteiger partial charge in [0.05, 0.1) is 6.04 Å². The third kappa shape index (κ3) is 4.32. The van der Waals surface area contributed by atoms with Gasteiger partial charge in [-0.2, -0.15) is 0 Å². The van der Waals surface area contributed by atoms with E-state index in [2.05, 4.69) is 10.3 Å². The second-order valence-corrected chi connectivity index (χ2v) is 5.91. The zero-order valence-electron chi connectivity index (χ0n) is 12.7. The highest BCUT2D eigenvalue weighted by atomic mass is 35.5. The minimum atomic E-state index is -0.310. The van der Waals surface area contributed by atoms with Gasteiger partial charge in [0.25, 0.3) is 5.91 Å². The molecule has 0 spiro atoms. The summed E-state index contributed by atoms with van der Waals surface area (Å²) in [5.41, 5.74) is 7.30. The number of hydrogen-bond donors (Lipinski definition) is 2. The molecule has 0 aliphatic rings. The van der Waals surface area contributed by atoms with E-state index in [0.29, 0.717) is 17.5 Å². The van der Waals surface area contributed by atoms with E-state index in [1.165, 1.54) is 6.26 Å². The van der Waals surface area contributed by atoms with Crippen LogP contribution < -0.4 is 11.1 Å². The van der Waals surface area contributed by atoms with Crippen molar-refractivity contribution in [2.75, 3.05) is 6.54 Å². The van der Waals surface area contributed by atoms with Crippen molar-refractivity contribution in [1.29, 1.82) is 0 Å². The van der Waals surface area contributed by atoms with Crippen LogP contribution in [-0.2, 0) is 6.42 Å². The van der Waals surface area contributed by atoms with Crippen LogP contribution in [0.3, 0.4) is 0 Å². The van der Waals surface area contributed by atoms with Crippen molar-refractivity contribution in [3.63, 3.8) is 0 Å². The minimum absolute atomic E-state index is 0.194. The lowest BCUT2D eigenvalue weighted by molar-refractivity contribution is 0.0949. The third-order valence-electron chi connectivity index (χ3n) is 3.37. The van der Waals surface area contributed by atoms with Crippen LogP contribution in [0.5, 0.6) is 0 Å². The zero-order chi connectivity index (χ0) is 16.1. The molecule has 1 aromatic carbocycles. The second kappa shape index (κ2) is 7.42. The Hall–Kier alpha value is -1.85. The fourth-order valence-electron chi connectivity index (χ4n) is 1.89. The summed E-state index contributed by atoms with van der Waals surface area (Å²) < 4.78 is 5.28. The van der Waals surface area contributed by atoms with Crippen LogP contribution in [0.25, 0.3) is 0 Å². The molecule has 5 nitrogen and oxygen atoms in total. The number of aromatic nitrogens is 1. The molecule has 1 unspecified atom stereocenters. The molecule has 2 aromatic rings. The van der Waals surface area contributed by atoms with Gasteiger partial charge in [0, 0.05) is 11.6 Å². The normalized spacial score (nSPS) is 12.4. The number of halogens is 1. The molecular weight excluding hydrogens is 302 g/mol. The molecule has 2 rings (SSSR count). The molecule has 1 heterocycles. The van der Waals surface area contributed by atoms with Crippen LogP contribution in [0.15, 0.2) is 34.9 Å². The molecule has 0 aliphatic heterocycles. The number of amides is 1. The molecule has 0 saturated carbocycles. The van der Waals surface area contributed by atoms with Crippen molar-refractivity contribution in [2.24, 2.45) is 11.7 Å². The van der Waals surface area contributed by atoms with E-state index < -0.39 is 0 Å². The van der Waals surface area contributed by atoms with E-state index >= 15 is 0 Å². The number of oxazole rings is 1. The number of nitrogens with one attached hydrogen (secondary N) is 1. The molecule has 3 N–H and O–H groups in total. The first kappa shape index (κ1) is 16.5. The van der Waals surface area contributed by atoms with Crippen LogP contribution in [0, 0.1) is 5.92 Å². The molecule has 1 aromatic heterocycles. The van der Waals surface area contributed by atoms with E-state index in [1.54, 1.807) is 0 Å². The first-order chi connectivity index (χ1) is 10.5. The van der Waals surface area contributed by atoms with Gasteiger partial charge >= 0.3 is 0 Å². The zero-order valence-corrected chi connectivity index (χ0v) is 13.4. The Labute approximate surface area is 134 Å². The number of rotatable bonds is 6. The van der Waals surface area contributed by atoms with Gasteiger partial charge in [-0.3, -0.25) is 4.79 Å². The van der Waals surface area contributed by atoms with Gasteiger partial charge in [-0.05, 0) is 30.0 Å². The summed E-state index contributed by atoms with van der Waals surface area (Å²) in [6.07, 6.45) is 2.06. The van der Waals surface area contributed by atoms with E-state index in [4.69, 9.17) is 21.8 Å². The van der Waals surface area contributed by atoms with Crippen molar-refractivity contribution in [3.05, 3.63) is 52.7 Å². The smallest absolute Gasteiger partial charge is 0.273 e. The van der Waals surface area contributed by atoms with E-state index in [0.717, 1.165) is 12.0 Å². The van der Waals surface area contributed by atoms with Crippen LogP contribution in [0.4, 0.5) is 0 Å². The summed E-state index contributed by atoms with van der Waals surface area (Å²) in [4.78, 5) is 16.1. The van der Waals surface area contributed by atoms with Crippen molar-refractivity contribution in [3.8, 4) is 0 Å². The number of nitrogens with two attached hydrogens (primary N) is 1. The Bertz CT molecular complexity index is 623. The lowest BCUT2D eigenvalue weighted by atomic mass is 10.1. The molecule has 0 radical (unpaired) electrons. The van der Waals surface area contributed by atoms with Gasteiger partial charge in [0.2, 0.25) is 5.89 Å². The maximum atomic E-state index is 12.0. The largest absolute Gasteiger partial charge is 0.446 e. The average Bonchev–Trinajstić information content (AvgIpc) is 2.98. The predicted octanol–water partition coefficient (Wildman–Crippen LogP) is 2.96. The monoisotopic (exact) mass is 321 g/mol. The molecule has 22 heavy (non-hydrogen) atoms. The summed E-state index contributed by atoms with van der Waals surface area (Å²) in [7, 11) is 0. The molecule has 118 valence electrons. The highest BCUT2D eigenvalue weighted by Crippen LogP contribution is 2.17. The number of carbonyl (C=O) groups excluding carboxylic acids is 1. The Kier molecular flexibility index (Phi) is 5.57. The number of hydrogen-bond acceptors (Lipinski definition) is 4. The topological polar surface area (TPSA) is 81.1 Å². The molecule has 0 aliphatic carbocycles. The van der Waals surface area contributed by atoms with E-state index in [-0.39, 0.29) is 23.6 Å². The molecule has 6 heteroatoms. The minimum Gasteiger partial charge on any atom is -0.446 e. The van der Waals surface area contributed by atoms with Gasteiger partial charge in [-0.25, -0.2) is 4.98 Å². The first-order valence-electron chi connectivity index (χ1n) is 7.21. The summed E-state index contributed by atoms with van der Waals surface area (Å²) in [6.45, 7) is 4.46. The molecule has 1 atom stereocenters. The third-order valence-corrected chi connectivity index (χ3v) is 3.62. The van der Waals surface area contributed by atoms with Gasteiger partial charge in [-0.1, -0.05) is 37.6 Å². The van der Waals surface area contributed by atoms with Crippen LogP contribution in [0.1, 0.15) is 41.8 Å². The summed E-state index contributed by atoms with van der Waals surface area (Å²) >= 11 is 5.83. The van der Waals surface area contributed by atoms with Crippen molar-refractivity contribution < 1.29 is 9.21 Å². The Morgan fingerprint density at radius 2 is 2.05 bits per heavy atom. The van der Waals surface area contributed by atoms with Crippen LogP contribution in [-0.4, -0.2) is 17.4 Å². The van der Waals surface area contributed by atoms with Crippen LogP contribution >= 0.6 is 11.6 Å². The fourth-order valence-corrected chi connectivity index (χ4v) is 2.02. The molecule has 1 amide bonds. The van der Waals surface area contributed by atoms with Gasteiger partial charge < -0.3 is 15.5 Å². The number of nitrogens with zero attached hydrogens (tertiary/aromatic N) is 1. The average molecular weight is 322 g/mol. The number of carbonyl (C=O) groups is 1. The Morgan fingerprint density at radius 1 is 1.36 bits per heavy atom. The lowest BCUT2D eigenvalue weighted by Gasteiger charge is -2.10. The van der Waals surface area contributed by atoms with Crippen molar-refractivity contribution >= 4 is 17.5 Å². The maximum Gasteiger partial charge on any atom is 0.273 e. The molecular formula is C16H20ClN3O2. The highest BCUT2D eigenvalue weighted by Gasteiger charge is 2.19. The van der Waals surface area contributed by atoms with E-state index in [1.807, 2.05) is 38.1 Å². The van der Waals surface area contributed by atoms with Gasteiger partial charge in [0.1, 0.15) is 6.26 Å². The maximum absolute atomic E-state index is 12.0. The van der Waals surface area contributed by atoms with Crippen molar-refractivity contribution in [1.82, 2.24) is 10.3 Å². The fraction of sp³-hybridized carbons (Fsp3) is 0.375. The van der Waals surface area contributed by atoms with Crippen LogP contribution in [0.2, 0.25) is 5.02 Å². The first-order valence-corrected chi connectivity index (χ1v) is 7.59. The highest BCUT2D eigenvalue weighted by molar-refractivity contribution is 6.30. The molecule has 0 bridgehead atoms. The van der Waals surface area contributed by atoms with Gasteiger partial charge in [0.15, 0.2) is 5.69 Å². The van der Waals surface area contributed by atoms with E-state index in [9.17, 15) is 4.79 Å². The van der Waals surface area contributed by atoms with Gasteiger partial charge in [-0.15, -0.1) is 0 Å². The second-order valence-electron chi connectivity index (χ2n) is 5.47. The quantitative estimate of drug-likeness (QED) is 0.857. The predicted molar refractivity (Wildman–Crippen MR) is 85.8 cm³/mol. The summed E-state index contributed by atoms with van der Waals surface area (Å²) in [5.74, 6) is 0.317. The molecule has 0 saturated heterocycles. The summed E-state index contributed by atoms with van der Waals surface area (Å²) in [6, 6.07) is 7.22. The summed E-state index contributed by atoms with van der Waals surface area (Å²) in [5, 5.41) is 3.51. The number of benzene rings is 1. The Balaban J connectivity index is 1.86. The Morgan fingerprint density at radius 3 is 2.68 bits per heavy atom. The molecule has 0 fully saturated rings. The van der Waals surface area contributed by atoms with Crippen molar-refractivity contribution in [2.45, 2.75) is 26.3 Å². The SMILES string of the molecule is CC(C)C(N)c1nc(C(=O)NCCc2ccc(Cl)cc2)co1. The standard InChI is InChI=1S/C16H20ClN3O2/c1-10(2)14(18)16-20-13(9-22-16)15(21)19-8-7-11-3-5-12(17)6-4-11/h3-6,9-10,14H,7-8,18H2,1-2H3,(H,19,21). The lowest BCUT2D eigenvalue weighted by Crippen LogP contribution is -2.26.